The molecule has 0 saturated heterocycles. The molecule has 1 aromatic carbocycles. The van der Waals surface area contributed by atoms with Crippen molar-refractivity contribution in [3.05, 3.63) is 35.4 Å². The van der Waals surface area contributed by atoms with Crippen molar-refractivity contribution in [2.75, 3.05) is 13.1 Å². The van der Waals surface area contributed by atoms with Crippen LogP contribution in [-0.4, -0.2) is 13.1 Å². The van der Waals surface area contributed by atoms with Gasteiger partial charge in [-0.15, -0.1) is 0 Å². The Hall–Kier alpha value is -0.860. The molecule has 2 heteroatoms. The molecule has 0 fully saturated rings. The summed E-state index contributed by atoms with van der Waals surface area (Å²) in [6.07, 6.45) is 3.61. The molecule has 0 radical (unpaired) electrons. The predicted molar refractivity (Wildman–Crippen MR) is 75.0 cm³/mol. The van der Waals surface area contributed by atoms with Crippen molar-refractivity contribution in [1.29, 1.82) is 0 Å². The van der Waals surface area contributed by atoms with Gasteiger partial charge in [-0.05, 0) is 36.6 Å². The van der Waals surface area contributed by atoms with Crippen LogP contribution >= 0.6 is 0 Å². The first-order valence-electron chi connectivity index (χ1n) is 6.79. The molecule has 0 aliphatic rings. The summed E-state index contributed by atoms with van der Waals surface area (Å²) in [5, 5.41) is 3.55. The Bertz CT molecular complexity index is 306. The van der Waals surface area contributed by atoms with Crippen LogP contribution in [0.25, 0.3) is 0 Å². The average molecular weight is 234 g/mol. The summed E-state index contributed by atoms with van der Waals surface area (Å²) in [6, 6.07) is 8.45. The molecule has 3 N–H and O–H groups in total. The van der Waals surface area contributed by atoms with Gasteiger partial charge in [0.25, 0.3) is 0 Å². The SMILES string of the molecule is CCC(CC)CNCCc1ccccc1CN. The lowest BCUT2D eigenvalue weighted by molar-refractivity contribution is 0.451. The van der Waals surface area contributed by atoms with Gasteiger partial charge in [0.2, 0.25) is 0 Å². The molecule has 0 aliphatic carbocycles. The third-order valence-corrected chi connectivity index (χ3v) is 3.50. The molecule has 96 valence electrons. The van der Waals surface area contributed by atoms with Crippen LogP contribution in [0.15, 0.2) is 24.3 Å². The second-order valence-electron chi connectivity index (χ2n) is 4.61. The summed E-state index contributed by atoms with van der Waals surface area (Å²) < 4.78 is 0. The van der Waals surface area contributed by atoms with E-state index in [1.165, 1.54) is 24.0 Å². The van der Waals surface area contributed by atoms with Crippen molar-refractivity contribution >= 4 is 0 Å². The zero-order valence-electron chi connectivity index (χ0n) is 11.2. The van der Waals surface area contributed by atoms with Crippen molar-refractivity contribution in [3.8, 4) is 0 Å². The van der Waals surface area contributed by atoms with Crippen LogP contribution in [0, 0.1) is 5.92 Å². The fourth-order valence-corrected chi connectivity index (χ4v) is 2.11. The highest BCUT2D eigenvalue weighted by atomic mass is 14.8. The normalized spacial score (nSPS) is 11.1. The summed E-state index contributed by atoms with van der Waals surface area (Å²) >= 11 is 0. The molecular formula is C15H26N2. The third kappa shape index (κ3) is 4.88. The van der Waals surface area contributed by atoms with Gasteiger partial charge in [-0.25, -0.2) is 0 Å². The first kappa shape index (κ1) is 14.2. The van der Waals surface area contributed by atoms with E-state index >= 15 is 0 Å². The molecule has 17 heavy (non-hydrogen) atoms. The van der Waals surface area contributed by atoms with Crippen molar-refractivity contribution < 1.29 is 0 Å². The quantitative estimate of drug-likeness (QED) is 0.679. The average Bonchev–Trinajstić information content (AvgIpc) is 2.39. The molecule has 0 aromatic heterocycles. The summed E-state index contributed by atoms with van der Waals surface area (Å²) in [4.78, 5) is 0. The van der Waals surface area contributed by atoms with E-state index in [0.29, 0.717) is 6.54 Å². The van der Waals surface area contributed by atoms with Crippen LogP contribution < -0.4 is 11.1 Å². The Morgan fingerprint density at radius 2 is 1.76 bits per heavy atom. The zero-order valence-corrected chi connectivity index (χ0v) is 11.2. The molecular weight excluding hydrogens is 208 g/mol. The maximum absolute atomic E-state index is 5.73. The topological polar surface area (TPSA) is 38.0 Å². The third-order valence-electron chi connectivity index (χ3n) is 3.50. The number of rotatable bonds is 8. The fraction of sp³-hybridized carbons (Fsp3) is 0.600. The summed E-state index contributed by atoms with van der Waals surface area (Å²) in [7, 11) is 0. The number of nitrogens with two attached hydrogens (primary N) is 1. The highest BCUT2D eigenvalue weighted by molar-refractivity contribution is 5.27. The molecule has 1 aromatic rings. The molecule has 2 nitrogen and oxygen atoms in total. The second kappa shape index (κ2) is 8.26. The fourth-order valence-electron chi connectivity index (χ4n) is 2.11. The summed E-state index contributed by atoms with van der Waals surface area (Å²) in [5.74, 6) is 0.819. The van der Waals surface area contributed by atoms with Crippen molar-refractivity contribution in [2.45, 2.75) is 39.7 Å². The van der Waals surface area contributed by atoms with E-state index in [1.54, 1.807) is 0 Å². The lowest BCUT2D eigenvalue weighted by atomic mass is 10.0. The minimum Gasteiger partial charge on any atom is -0.326 e. The highest BCUT2D eigenvalue weighted by Gasteiger charge is 2.03. The van der Waals surface area contributed by atoms with Gasteiger partial charge in [0, 0.05) is 6.54 Å². The molecule has 0 aliphatic heterocycles. The Morgan fingerprint density at radius 3 is 2.35 bits per heavy atom. The van der Waals surface area contributed by atoms with E-state index in [9.17, 15) is 0 Å². The number of hydrogen-bond acceptors (Lipinski definition) is 2. The van der Waals surface area contributed by atoms with Crippen LogP contribution in [0.4, 0.5) is 0 Å². The summed E-state index contributed by atoms with van der Waals surface area (Å²) in [5.41, 5.74) is 8.38. The molecule has 0 heterocycles. The molecule has 1 rings (SSSR count). The largest absolute Gasteiger partial charge is 0.326 e. The monoisotopic (exact) mass is 234 g/mol. The number of benzene rings is 1. The van der Waals surface area contributed by atoms with E-state index in [-0.39, 0.29) is 0 Å². The van der Waals surface area contributed by atoms with Gasteiger partial charge in [-0.1, -0.05) is 51.0 Å². The first-order valence-corrected chi connectivity index (χ1v) is 6.79. The van der Waals surface area contributed by atoms with Gasteiger partial charge in [-0.3, -0.25) is 0 Å². The van der Waals surface area contributed by atoms with E-state index in [0.717, 1.165) is 25.4 Å². The smallest absolute Gasteiger partial charge is 0.0180 e. The predicted octanol–water partition coefficient (Wildman–Crippen LogP) is 2.71. The Balaban J connectivity index is 2.30. The standard InChI is InChI=1S/C15H26N2/c1-3-13(4-2)12-17-10-9-14-7-5-6-8-15(14)11-16/h5-8,13,17H,3-4,9-12,16H2,1-2H3. The van der Waals surface area contributed by atoms with Crippen LogP contribution in [-0.2, 0) is 13.0 Å². The van der Waals surface area contributed by atoms with E-state index in [2.05, 4.69) is 43.4 Å². The number of hydrogen-bond donors (Lipinski definition) is 2. The maximum atomic E-state index is 5.73. The molecule has 0 saturated carbocycles. The van der Waals surface area contributed by atoms with Gasteiger partial charge in [0.05, 0.1) is 0 Å². The molecule has 0 amide bonds. The van der Waals surface area contributed by atoms with Crippen LogP contribution in [0.3, 0.4) is 0 Å². The molecule has 0 unspecified atom stereocenters. The van der Waals surface area contributed by atoms with Gasteiger partial charge in [0.1, 0.15) is 0 Å². The van der Waals surface area contributed by atoms with Crippen LogP contribution in [0.1, 0.15) is 37.8 Å². The Kier molecular flexibility index (Phi) is 6.90. The van der Waals surface area contributed by atoms with Gasteiger partial charge in [-0.2, -0.15) is 0 Å². The maximum Gasteiger partial charge on any atom is 0.0180 e. The summed E-state index contributed by atoms with van der Waals surface area (Å²) in [6.45, 7) is 7.35. The Labute approximate surface area is 106 Å². The zero-order chi connectivity index (χ0) is 12.5. The minimum absolute atomic E-state index is 0.642. The van der Waals surface area contributed by atoms with Crippen molar-refractivity contribution in [2.24, 2.45) is 11.7 Å². The van der Waals surface area contributed by atoms with Gasteiger partial charge < -0.3 is 11.1 Å². The molecule has 0 atom stereocenters. The lowest BCUT2D eigenvalue weighted by Crippen LogP contribution is -2.24. The molecule has 0 bridgehead atoms. The second-order valence-corrected chi connectivity index (χ2v) is 4.61. The van der Waals surface area contributed by atoms with Crippen molar-refractivity contribution in [1.82, 2.24) is 5.32 Å². The van der Waals surface area contributed by atoms with Gasteiger partial charge >= 0.3 is 0 Å². The van der Waals surface area contributed by atoms with Crippen LogP contribution in [0.2, 0.25) is 0 Å². The van der Waals surface area contributed by atoms with Gasteiger partial charge in [0.15, 0.2) is 0 Å². The first-order chi connectivity index (χ1) is 8.31. The minimum atomic E-state index is 0.642. The Morgan fingerprint density at radius 1 is 1.12 bits per heavy atom. The number of nitrogens with one attached hydrogen (secondary N) is 1. The molecule has 0 spiro atoms. The van der Waals surface area contributed by atoms with Crippen LogP contribution in [0.5, 0.6) is 0 Å². The lowest BCUT2D eigenvalue weighted by Gasteiger charge is -2.14. The van der Waals surface area contributed by atoms with E-state index < -0.39 is 0 Å². The van der Waals surface area contributed by atoms with E-state index in [1.807, 2.05) is 0 Å². The highest BCUT2D eigenvalue weighted by Crippen LogP contribution is 2.09. The van der Waals surface area contributed by atoms with E-state index in [4.69, 9.17) is 5.73 Å². The van der Waals surface area contributed by atoms with Crippen molar-refractivity contribution in [3.63, 3.8) is 0 Å².